The molecule has 0 unspecified atom stereocenters. The van der Waals surface area contributed by atoms with Crippen LogP contribution in [0.1, 0.15) is 37.8 Å². The van der Waals surface area contributed by atoms with Crippen LogP contribution in [0.2, 0.25) is 0 Å². The van der Waals surface area contributed by atoms with Gasteiger partial charge in [0.15, 0.2) is 0 Å². The number of carboxylic acids is 1. The molecule has 6 nitrogen and oxygen atoms in total. The quantitative estimate of drug-likeness (QED) is 0.558. The maximum Gasteiger partial charge on any atom is 0.322 e. The predicted octanol–water partition coefficient (Wildman–Crippen LogP) is 3.44. The second-order valence-corrected chi connectivity index (χ2v) is 9.21. The Morgan fingerprint density at radius 3 is 2.59 bits per heavy atom. The van der Waals surface area contributed by atoms with Gasteiger partial charge in [-0.3, -0.25) is 9.59 Å². The second kappa shape index (κ2) is 10.6. The topological polar surface area (TPSA) is 89.9 Å². The van der Waals surface area contributed by atoms with Gasteiger partial charge in [-0.25, -0.2) is 0 Å². The SMILES string of the molecule is C[C@H]1CN(C[C@H](CCc2ccccc2)C(=O)NCC(=O)O)CC[C@@]1(C)c1cccc(O)c1. The first kappa shape index (κ1) is 23.8. The highest BCUT2D eigenvalue weighted by Gasteiger charge is 2.39. The molecule has 3 rings (SSSR count). The number of hydrogen-bond acceptors (Lipinski definition) is 4. The molecule has 3 N–H and O–H groups in total. The normalized spacial score (nSPS) is 22.2. The molecule has 172 valence electrons. The van der Waals surface area contributed by atoms with E-state index in [9.17, 15) is 14.7 Å². The summed E-state index contributed by atoms with van der Waals surface area (Å²) in [6, 6.07) is 17.6. The van der Waals surface area contributed by atoms with Crippen LogP contribution < -0.4 is 5.32 Å². The monoisotopic (exact) mass is 438 g/mol. The van der Waals surface area contributed by atoms with E-state index < -0.39 is 5.97 Å². The number of phenols is 1. The van der Waals surface area contributed by atoms with Crippen molar-refractivity contribution in [3.05, 3.63) is 65.7 Å². The Labute approximate surface area is 190 Å². The zero-order chi connectivity index (χ0) is 23.1. The van der Waals surface area contributed by atoms with Crippen molar-refractivity contribution in [3.63, 3.8) is 0 Å². The molecule has 6 heteroatoms. The minimum absolute atomic E-state index is 0.0413. The average Bonchev–Trinajstić information content (AvgIpc) is 2.78. The van der Waals surface area contributed by atoms with Gasteiger partial charge in [0.1, 0.15) is 12.3 Å². The van der Waals surface area contributed by atoms with E-state index in [2.05, 4.69) is 42.3 Å². The Balaban J connectivity index is 1.66. The summed E-state index contributed by atoms with van der Waals surface area (Å²) in [5, 5.41) is 21.4. The number of nitrogens with one attached hydrogen (secondary N) is 1. The second-order valence-electron chi connectivity index (χ2n) is 9.21. The molecule has 0 radical (unpaired) electrons. The summed E-state index contributed by atoms with van der Waals surface area (Å²) < 4.78 is 0. The van der Waals surface area contributed by atoms with E-state index in [1.54, 1.807) is 6.07 Å². The Bertz CT molecular complexity index is 917. The molecule has 2 aromatic rings. The van der Waals surface area contributed by atoms with Gasteiger partial charge in [-0.2, -0.15) is 0 Å². The number of aryl methyl sites for hydroxylation is 1. The number of piperidine rings is 1. The first-order valence-electron chi connectivity index (χ1n) is 11.3. The van der Waals surface area contributed by atoms with E-state index >= 15 is 0 Å². The summed E-state index contributed by atoms with van der Waals surface area (Å²) in [6.07, 6.45) is 2.38. The highest BCUT2D eigenvalue weighted by molar-refractivity contribution is 5.83. The minimum Gasteiger partial charge on any atom is -0.508 e. The van der Waals surface area contributed by atoms with Gasteiger partial charge in [0.25, 0.3) is 0 Å². The highest BCUT2D eigenvalue weighted by atomic mass is 16.4. The van der Waals surface area contributed by atoms with Crippen molar-refractivity contribution in [2.45, 2.75) is 38.5 Å². The summed E-state index contributed by atoms with van der Waals surface area (Å²) in [5.74, 6) is -0.873. The first-order valence-corrected chi connectivity index (χ1v) is 11.3. The van der Waals surface area contributed by atoms with Crippen LogP contribution in [0, 0.1) is 11.8 Å². The largest absolute Gasteiger partial charge is 0.508 e. The van der Waals surface area contributed by atoms with Crippen LogP contribution in [0.4, 0.5) is 0 Å². The van der Waals surface area contributed by atoms with Gasteiger partial charge >= 0.3 is 5.97 Å². The standard InChI is InChI=1S/C26H34N2O4/c1-19-17-28(14-13-26(19,2)22-9-6-10-23(29)15-22)18-21(25(32)27-16-24(30)31)12-11-20-7-4-3-5-8-20/h3-10,15,19,21,29H,11-14,16-18H2,1-2H3,(H,27,32)(H,30,31)/t19-,21-,26+/m0/s1. The third kappa shape index (κ3) is 6.10. The maximum absolute atomic E-state index is 12.8. The fourth-order valence-electron chi connectivity index (χ4n) is 4.68. The highest BCUT2D eigenvalue weighted by Crippen LogP contribution is 2.40. The molecular weight excluding hydrogens is 404 g/mol. The van der Waals surface area contributed by atoms with Crippen molar-refractivity contribution in [2.75, 3.05) is 26.2 Å². The number of benzene rings is 2. The van der Waals surface area contributed by atoms with Crippen molar-refractivity contribution in [1.29, 1.82) is 0 Å². The van der Waals surface area contributed by atoms with Gasteiger partial charge in [0, 0.05) is 13.1 Å². The summed E-state index contributed by atoms with van der Waals surface area (Å²) in [5.41, 5.74) is 2.27. The van der Waals surface area contributed by atoms with E-state index in [4.69, 9.17) is 5.11 Å². The van der Waals surface area contributed by atoms with Crippen LogP contribution in [0.3, 0.4) is 0 Å². The summed E-state index contributed by atoms with van der Waals surface area (Å²) in [7, 11) is 0. The Morgan fingerprint density at radius 1 is 1.19 bits per heavy atom. The summed E-state index contributed by atoms with van der Waals surface area (Å²) in [4.78, 5) is 26.0. The number of hydrogen-bond donors (Lipinski definition) is 3. The zero-order valence-electron chi connectivity index (χ0n) is 19.0. The van der Waals surface area contributed by atoms with Crippen LogP contribution >= 0.6 is 0 Å². The number of aliphatic carboxylic acids is 1. The van der Waals surface area contributed by atoms with Crippen LogP contribution in [0.5, 0.6) is 5.75 Å². The van der Waals surface area contributed by atoms with Crippen molar-refractivity contribution < 1.29 is 19.8 Å². The molecule has 0 bridgehead atoms. The molecule has 1 amide bonds. The van der Waals surface area contributed by atoms with Gasteiger partial charge in [0.05, 0.1) is 5.92 Å². The molecule has 1 fully saturated rings. The van der Waals surface area contributed by atoms with Crippen molar-refractivity contribution >= 4 is 11.9 Å². The third-order valence-corrected chi connectivity index (χ3v) is 6.96. The van der Waals surface area contributed by atoms with Crippen molar-refractivity contribution in [2.24, 2.45) is 11.8 Å². The number of likely N-dealkylation sites (tertiary alicyclic amines) is 1. The lowest BCUT2D eigenvalue weighted by Crippen LogP contribution is -2.50. The molecule has 1 aliphatic rings. The number of aromatic hydroxyl groups is 1. The molecule has 3 atom stereocenters. The molecule has 0 spiro atoms. The summed E-state index contributed by atoms with van der Waals surface area (Å²) >= 11 is 0. The lowest BCUT2D eigenvalue weighted by molar-refractivity contribution is -0.138. The van der Waals surface area contributed by atoms with Crippen molar-refractivity contribution in [1.82, 2.24) is 10.2 Å². The Morgan fingerprint density at radius 2 is 1.94 bits per heavy atom. The van der Waals surface area contributed by atoms with Crippen LogP contribution in [0.15, 0.2) is 54.6 Å². The summed E-state index contributed by atoms with van der Waals surface area (Å²) in [6.45, 7) is 6.42. The number of carbonyl (C=O) groups is 2. The number of phenolic OH excluding ortho intramolecular Hbond substituents is 1. The molecule has 1 aliphatic heterocycles. The lowest BCUT2D eigenvalue weighted by atomic mass is 9.68. The maximum atomic E-state index is 12.8. The molecule has 0 saturated carbocycles. The number of nitrogens with zero attached hydrogens (tertiary/aromatic N) is 1. The van der Waals surface area contributed by atoms with Gasteiger partial charge in [-0.15, -0.1) is 0 Å². The van der Waals surface area contributed by atoms with E-state index in [-0.39, 0.29) is 29.5 Å². The van der Waals surface area contributed by atoms with E-state index in [0.29, 0.717) is 18.9 Å². The van der Waals surface area contributed by atoms with Gasteiger partial charge in [-0.1, -0.05) is 56.3 Å². The zero-order valence-corrected chi connectivity index (χ0v) is 19.0. The molecule has 1 saturated heterocycles. The number of rotatable bonds is 9. The Kier molecular flexibility index (Phi) is 7.91. The number of amides is 1. The number of carboxylic acid groups (broad SMARTS) is 1. The van der Waals surface area contributed by atoms with Crippen LogP contribution in [0.25, 0.3) is 0 Å². The van der Waals surface area contributed by atoms with E-state index in [1.165, 1.54) is 5.56 Å². The predicted molar refractivity (Wildman–Crippen MR) is 125 cm³/mol. The van der Waals surface area contributed by atoms with Crippen LogP contribution in [-0.4, -0.2) is 53.2 Å². The Hall–Kier alpha value is -2.86. The fourth-order valence-corrected chi connectivity index (χ4v) is 4.68. The van der Waals surface area contributed by atoms with Gasteiger partial charge < -0.3 is 20.4 Å². The molecule has 2 aromatic carbocycles. The van der Waals surface area contributed by atoms with Gasteiger partial charge in [0.2, 0.25) is 5.91 Å². The third-order valence-electron chi connectivity index (χ3n) is 6.96. The lowest BCUT2D eigenvalue weighted by Gasteiger charge is -2.45. The minimum atomic E-state index is -1.03. The van der Waals surface area contributed by atoms with E-state index in [0.717, 1.165) is 31.5 Å². The molecule has 0 aliphatic carbocycles. The number of carbonyl (C=O) groups excluding carboxylic acids is 1. The smallest absolute Gasteiger partial charge is 0.322 e. The molecule has 1 heterocycles. The average molecular weight is 439 g/mol. The molecule has 32 heavy (non-hydrogen) atoms. The molecular formula is C26H34N2O4. The molecule has 0 aromatic heterocycles. The van der Waals surface area contributed by atoms with Crippen molar-refractivity contribution in [3.8, 4) is 5.75 Å². The van der Waals surface area contributed by atoms with Gasteiger partial charge in [-0.05, 0) is 60.4 Å². The first-order chi connectivity index (χ1) is 15.3. The van der Waals surface area contributed by atoms with Crippen LogP contribution in [-0.2, 0) is 21.4 Å². The van der Waals surface area contributed by atoms with E-state index in [1.807, 2.05) is 30.3 Å². The fraction of sp³-hybridized carbons (Fsp3) is 0.462.